The highest BCUT2D eigenvalue weighted by molar-refractivity contribution is 7.89. The van der Waals surface area contributed by atoms with Crippen LogP contribution in [0, 0.1) is 12.3 Å². The van der Waals surface area contributed by atoms with E-state index >= 15 is 0 Å². The zero-order chi connectivity index (χ0) is 14.7. The predicted molar refractivity (Wildman–Crippen MR) is 76.9 cm³/mol. The van der Waals surface area contributed by atoms with E-state index in [4.69, 9.17) is 16.7 Å². The summed E-state index contributed by atoms with van der Waals surface area (Å²) in [6.45, 7) is 5.82. The van der Waals surface area contributed by atoms with Gasteiger partial charge in [0.25, 0.3) is 0 Å². The summed E-state index contributed by atoms with van der Waals surface area (Å²) >= 11 is 6.03. The topological polar surface area (TPSA) is 66.4 Å². The molecule has 0 bridgehead atoms. The van der Waals surface area contributed by atoms with Crippen LogP contribution in [0.2, 0.25) is 5.02 Å². The highest BCUT2D eigenvalue weighted by Crippen LogP contribution is 2.25. The van der Waals surface area contributed by atoms with Crippen LogP contribution in [0.4, 0.5) is 0 Å². The Bertz CT molecular complexity index is 541. The summed E-state index contributed by atoms with van der Waals surface area (Å²) in [7, 11) is -3.63. The molecule has 0 aliphatic rings. The first-order chi connectivity index (χ1) is 8.69. The van der Waals surface area contributed by atoms with E-state index in [0.29, 0.717) is 6.42 Å². The molecule has 2 N–H and O–H groups in total. The number of aliphatic hydroxyl groups excluding tert-OH is 1. The molecule has 0 aliphatic carbocycles. The minimum absolute atomic E-state index is 0.0277. The Balaban J connectivity index is 2.91. The van der Waals surface area contributed by atoms with Gasteiger partial charge in [-0.25, -0.2) is 13.1 Å². The van der Waals surface area contributed by atoms with Crippen molar-refractivity contribution >= 4 is 21.6 Å². The van der Waals surface area contributed by atoms with Crippen LogP contribution in [-0.4, -0.2) is 26.7 Å². The van der Waals surface area contributed by atoms with Crippen LogP contribution in [0.25, 0.3) is 0 Å². The molecule has 0 amide bonds. The molecule has 1 aromatic carbocycles. The first-order valence-electron chi connectivity index (χ1n) is 6.05. The molecule has 0 atom stereocenters. The lowest BCUT2D eigenvalue weighted by atomic mass is 9.90. The van der Waals surface area contributed by atoms with Gasteiger partial charge in [-0.1, -0.05) is 37.6 Å². The van der Waals surface area contributed by atoms with Crippen LogP contribution in [0.3, 0.4) is 0 Å². The fraction of sp³-hybridized carbons (Fsp3) is 0.538. The smallest absolute Gasteiger partial charge is 0.242 e. The molecule has 0 radical (unpaired) electrons. The van der Waals surface area contributed by atoms with Gasteiger partial charge in [0, 0.05) is 13.2 Å². The molecule has 108 valence electrons. The van der Waals surface area contributed by atoms with E-state index in [9.17, 15) is 8.42 Å². The second-order valence-electron chi connectivity index (χ2n) is 5.35. The third-order valence-corrected chi connectivity index (χ3v) is 5.03. The summed E-state index contributed by atoms with van der Waals surface area (Å²) in [5.74, 6) is 0. The maximum atomic E-state index is 12.2. The van der Waals surface area contributed by atoms with Crippen LogP contribution in [0.5, 0.6) is 0 Å². The molecule has 1 aromatic rings. The van der Waals surface area contributed by atoms with E-state index in [1.165, 1.54) is 6.07 Å². The van der Waals surface area contributed by atoms with Crippen LogP contribution >= 0.6 is 11.6 Å². The van der Waals surface area contributed by atoms with E-state index in [-0.39, 0.29) is 28.5 Å². The second kappa shape index (κ2) is 6.22. The van der Waals surface area contributed by atoms with Gasteiger partial charge >= 0.3 is 0 Å². The number of hydrogen-bond acceptors (Lipinski definition) is 3. The maximum absolute atomic E-state index is 12.2. The molecule has 0 spiro atoms. The molecule has 0 aromatic heterocycles. The monoisotopic (exact) mass is 305 g/mol. The predicted octanol–water partition coefficient (Wildman–Crippen LogP) is 2.34. The molecule has 0 unspecified atom stereocenters. The van der Waals surface area contributed by atoms with Crippen LogP contribution < -0.4 is 4.72 Å². The first-order valence-corrected chi connectivity index (χ1v) is 7.91. The largest absolute Gasteiger partial charge is 0.396 e. The lowest BCUT2D eigenvalue weighted by Gasteiger charge is -2.24. The van der Waals surface area contributed by atoms with Crippen molar-refractivity contribution in [3.05, 3.63) is 28.8 Å². The first kappa shape index (κ1) is 16.4. The number of rotatable bonds is 6. The summed E-state index contributed by atoms with van der Waals surface area (Å²) in [5, 5.41) is 9.18. The SMILES string of the molecule is Cc1cccc(S(=O)(=O)NCC(C)(C)CCO)c1Cl. The Morgan fingerprint density at radius 1 is 1.37 bits per heavy atom. The molecule has 19 heavy (non-hydrogen) atoms. The van der Waals surface area contributed by atoms with Crippen molar-refractivity contribution in [3.63, 3.8) is 0 Å². The fourth-order valence-electron chi connectivity index (χ4n) is 1.59. The molecular formula is C13H20ClNO3S. The van der Waals surface area contributed by atoms with Crippen molar-refractivity contribution in [2.75, 3.05) is 13.2 Å². The van der Waals surface area contributed by atoms with Gasteiger partial charge in [-0.05, 0) is 30.4 Å². The summed E-state index contributed by atoms with van der Waals surface area (Å²) < 4.78 is 26.9. The third kappa shape index (κ3) is 4.45. The number of hydrogen-bond donors (Lipinski definition) is 2. The molecule has 6 heteroatoms. The summed E-state index contributed by atoms with van der Waals surface area (Å²) in [6.07, 6.45) is 0.525. The van der Waals surface area contributed by atoms with Gasteiger partial charge in [0.15, 0.2) is 0 Å². The maximum Gasteiger partial charge on any atom is 0.242 e. The highest BCUT2D eigenvalue weighted by atomic mass is 35.5. The molecule has 0 heterocycles. The van der Waals surface area contributed by atoms with Crippen molar-refractivity contribution in [2.24, 2.45) is 5.41 Å². The number of nitrogens with one attached hydrogen (secondary N) is 1. The van der Waals surface area contributed by atoms with E-state index in [1.807, 2.05) is 13.8 Å². The van der Waals surface area contributed by atoms with E-state index in [2.05, 4.69) is 4.72 Å². The second-order valence-corrected chi connectivity index (χ2v) is 7.46. The van der Waals surface area contributed by atoms with Gasteiger partial charge < -0.3 is 5.11 Å². The Hall–Kier alpha value is -0.620. The zero-order valence-corrected chi connectivity index (χ0v) is 13.0. The van der Waals surface area contributed by atoms with Crippen LogP contribution in [-0.2, 0) is 10.0 Å². The van der Waals surface area contributed by atoms with Gasteiger partial charge in [0.2, 0.25) is 10.0 Å². The van der Waals surface area contributed by atoms with E-state index in [1.54, 1.807) is 19.1 Å². The van der Waals surface area contributed by atoms with Crippen molar-refractivity contribution in [1.29, 1.82) is 0 Å². The van der Waals surface area contributed by atoms with Crippen molar-refractivity contribution < 1.29 is 13.5 Å². The average molecular weight is 306 g/mol. The van der Waals surface area contributed by atoms with E-state index in [0.717, 1.165) is 5.56 Å². The Morgan fingerprint density at radius 2 is 2.00 bits per heavy atom. The quantitative estimate of drug-likeness (QED) is 0.847. The molecule has 0 saturated heterocycles. The molecule has 0 saturated carbocycles. The van der Waals surface area contributed by atoms with Gasteiger partial charge in [-0.3, -0.25) is 0 Å². The van der Waals surface area contributed by atoms with Gasteiger partial charge in [-0.15, -0.1) is 0 Å². The standard InChI is InChI=1S/C13H20ClNO3S/c1-10-5-4-6-11(12(10)14)19(17,18)15-9-13(2,3)7-8-16/h4-6,15-16H,7-9H2,1-3H3. The van der Waals surface area contributed by atoms with Gasteiger partial charge in [0.05, 0.1) is 5.02 Å². The van der Waals surface area contributed by atoms with Gasteiger partial charge in [-0.2, -0.15) is 0 Å². The fourth-order valence-corrected chi connectivity index (χ4v) is 3.41. The minimum atomic E-state index is -3.63. The normalized spacial score (nSPS) is 12.7. The molecule has 1 rings (SSSR count). The number of sulfonamides is 1. The summed E-state index contributed by atoms with van der Waals surface area (Å²) in [4.78, 5) is 0.0916. The van der Waals surface area contributed by atoms with Gasteiger partial charge in [0.1, 0.15) is 4.90 Å². The lowest BCUT2D eigenvalue weighted by molar-refractivity contribution is 0.213. The third-order valence-electron chi connectivity index (χ3n) is 2.98. The lowest BCUT2D eigenvalue weighted by Crippen LogP contribution is -2.34. The Morgan fingerprint density at radius 3 is 2.58 bits per heavy atom. The summed E-state index contributed by atoms with van der Waals surface area (Å²) in [6, 6.07) is 4.91. The van der Waals surface area contributed by atoms with Crippen molar-refractivity contribution in [1.82, 2.24) is 4.72 Å². The molecule has 0 fully saturated rings. The molecule has 0 aliphatic heterocycles. The Kier molecular flexibility index (Phi) is 5.38. The highest BCUT2D eigenvalue weighted by Gasteiger charge is 2.23. The molecule has 4 nitrogen and oxygen atoms in total. The van der Waals surface area contributed by atoms with E-state index < -0.39 is 10.0 Å². The molecular weight excluding hydrogens is 286 g/mol. The summed E-state index contributed by atoms with van der Waals surface area (Å²) in [5.41, 5.74) is 0.414. The number of aryl methyl sites for hydroxylation is 1. The number of halogens is 1. The Labute approximate surface area is 119 Å². The zero-order valence-electron chi connectivity index (χ0n) is 11.4. The average Bonchev–Trinajstić information content (AvgIpc) is 2.30. The minimum Gasteiger partial charge on any atom is -0.396 e. The number of benzene rings is 1. The van der Waals surface area contributed by atoms with Crippen molar-refractivity contribution in [2.45, 2.75) is 32.1 Å². The van der Waals surface area contributed by atoms with Crippen molar-refractivity contribution in [3.8, 4) is 0 Å². The van der Waals surface area contributed by atoms with Crippen LogP contribution in [0.15, 0.2) is 23.1 Å². The number of aliphatic hydroxyl groups is 1. The van der Waals surface area contributed by atoms with Crippen LogP contribution in [0.1, 0.15) is 25.8 Å².